The first-order valence-electron chi connectivity index (χ1n) is 7.02. The number of aromatic nitrogens is 3. The third-order valence-corrected chi connectivity index (χ3v) is 4.78. The van der Waals surface area contributed by atoms with Gasteiger partial charge in [0.1, 0.15) is 5.75 Å². The minimum atomic E-state index is 0.114. The number of H-pyrrole nitrogens is 1. The molecule has 22 heavy (non-hydrogen) atoms. The van der Waals surface area contributed by atoms with Gasteiger partial charge in [-0.2, -0.15) is 0 Å². The molecule has 4 rings (SSSR count). The van der Waals surface area contributed by atoms with Gasteiger partial charge in [-0.25, -0.2) is 4.98 Å². The quantitative estimate of drug-likeness (QED) is 0.617. The molecule has 0 aliphatic rings. The van der Waals surface area contributed by atoms with Crippen molar-refractivity contribution in [3.8, 4) is 5.75 Å². The average molecular weight is 309 g/mol. The van der Waals surface area contributed by atoms with Crippen LogP contribution in [0.25, 0.3) is 10.9 Å². The lowest BCUT2D eigenvalue weighted by atomic mass is 10.0. The molecule has 3 aromatic heterocycles. The summed E-state index contributed by atoms with van der Waals surface area (Å²) in [6.45, 7) is 0. The number of thiophene rings is 1. The molecule has 0 saturated heterocycles. The molecule has 0 amide bonds. The fourth-order valence-corrected chi connectivity index (χ4v) is 3.65. The van der Waals surface area contributed by atoms with Crippen LogP contribution >= 0.6 is 11.3 Å². The minimum Gasteiger partial charge on any atom is -0.497 e. The number of methoxy groups -OCH3 is 1. The number of fused-ring (bicyclic) bond motifs is 1. The maximum atomic E-state index is 5.38. The van der Waals surface area contributed by atoms with Crippen molar-refractivity contribution in [2.75, 3.05) is 7.11 Å². The predicted molar refractivity (Wildman–Crippen MR) is 88.6 cm³/mol. The van der Waals surface area contributed by atoms with Crippen molar-refractivity contribution in [2.24, 2.45) is 0 Å². The third-order valence-electron chi connectivity index (χ3n) is 3.85. The predicted octanol–water partition coefficient (Wildman–Crippen LogP) is 4.07. The Morgan fingerprint density at radius 1 is 1.32 bits per heavy atom. The molecule has 0 radical (unpaired) electrons. The molecule has 1 unspecified atom stereocenters. The molecule has 1 N–H and O–H groups in total. The van der Waals surface area contributed by atoms with E-state index < -0.39 is 0 Å². The molecule has 5 heteroatoms. The number of hydrogen-bond acceptors (Lipinski definition) is 3. The summed E-state index contributed by atoms with van der Waals surface area (Å²) in [6, 6.07) is 10.5. The van der Waals surface area contributed by atoms with Crippen molar-refractivity contribution in [1.82, 2.24) is 14.5 Å². The van der Waals surface area contributed by atoms with E-state index in [1.54, 1.807) is 18.4 Å². The molecular weight excluding hydrogens is 294 g/mol. The standard InChI is InChI=1S/C17H15N3OS/c1-21-12-4-5-15-13(9-12)14(10-19-15)17(16-3-2-8-22-16)20-7-6-18-11-20/h2-11,17,19H,1H3. The normalized spacial score (nSPS) is 12.6. The van der Waals surface area contributed by atoms with Crippen LogP contribution in [-0.4, -0.2) is 21.6 Å². The second-order valence-electron chi connectivity index (χ2n) is 5.08. The Labute approximate surface area is 132 Å². The topological polar surface area (TPSA) is 42.8 Å². The largest absolute Gasteiger partial charge is 0.497 e. The van der Waals surface area contributed by atoms with E-state index >= 15 is 0 Å². The highest BCUT2D eigenvalue weighted by Crippen LogP contribution is 2.35. The average Bonchev–Trinajstić information content (AvgIpc) is 3.30. The maximum Gasteiger partial charge on any atom is 0.119 e. The zero-order valence-electron chi connectivity index (χ0n) is 12.1. The summed E-state index contributed by atoms with van der Waals surface area (Å²) in [5, 5.41) is 3.28. The van der Waals surface area contributed by atoms with Crippen LogP contribution in [0, 0.1) is 0 Å². The molecule has 1 atom stereocenters. The summed E-state index contributed by atoms with van der Waals surface area (Å²) in [7, 11) is 1.69. The van der Waals surface area contributed by atoms with Crippen LogP contribution in [0.15, 0.2) is 60.6 Å². The number of aromatic amines is 1. The SMILES string of the molecule is COc1ccc2[nH]cc(C(c3cccs3)n3ccnc3)c2c1. The number of ether oxygens (including phenoxy) is 1. The molecule has 0 spiro atoms. The van der Waals surface area contributed by atoms with Crippen LogP contribution < -0.4 is 4.74 Å². The monoisotopic (exact) mass is 309 g/mol. The molecule has 4 nitrogen and oxygen atoms in total. The van der Waals surface area contributed by atoms with Crippen LogP contribution in [-0.2, 0) is 0 Å². The highest BCUT2D eigenvalue weighted by Gasteiger charge is 2.20. The van der Waals surface area contributed by atoms with E-state index in [0.29, 0.717) is 0 Å². The van der Waals surface area contributed by atoms with Crippen molar-refractivity contribution >= 4 is 22.2 Å². The summed E-state index contributed by atoms with van der Waals surface area (Å²) in [4.78, 5) is 8.85. The molecule has 110 valence electrons. The van der Waals surface area contributed by atoms with Gasteiger partial charge in [0.05, 0.1) is 19.5 Å². The van der Waals surface area contributed by atoms with Crippen molar-refractivity contribution in [3.05, 3.63) is 71.1 Å². The molecule has 4 aromatic rings. The van der Waals surface area contributed by atoms with Gasteiger partial charge in [-0.1, -0.05) is 6.07 Å². The van der Waals surface area contributed by atoms with E-state index in [9.17, 15) is 0 Å². The van der Waals surface area contributed by atoms with E-state index in [1.807, 2.05) is 24.8 Å². The molecular formula is C17H15N3OS. The third kappa shape index (κ3) is 2.10. The van der Waals surface area contributed by atoms with E-state index in [2.05, 4.69) is 50.4 Å². The smallest absolute Gasteiger partial charge is 0.119 e. The van der Waals surface area contributed by atoms with Gasteiger partial charge < -0.3 is 14.3 Å². The molecule has 0 saturated carbocycles. The summed E-state index contributed by atoms with van der Waals surface area (Å²) in [5.41, 5.74) is 2.33. The number of nitrogens with one attached hydrogen (secondary N) is 1. The summed E-state index contributed by atoms with van der Waals surface area (Å²) >= 11 is 1.75. The number of nitrogens with zero attached hydrogens (tertiary/aromatic N) is 2. The van der Waals surface area contributed by atoms with Gasteiger partial charge in [-0.3, -0.25) is 0 Å². The Morgan fingerprint density at radius 2 is 2.27 bits per heavy atom. The fourth-order valence-electron chi connectivity index (χ4n) is 2.80. The van der Waals surface area contributed by atoms with Crippen molar-refractivity contribution in [2.45, 2.75) is 6.04 Å². The summed E-state index contributed by atoms with van der Waals surface area (Å²) in [6.07, 6.45) is 7.76. The van der Waals surface area contributed by atoms with Gasteiger partial charge in [0.25, 0.3) is 0 Å². The van der Waals surface area contributed by atoms with Crippen LogP contribution in [0.3, 0.4) is 0 Å². The lowest BCUT2D eigenvalue weighted by Crippen LogP contribution is -2.08. The number of imidazole rings is 1. The van der Waals surface area contributed by atoms with E-state index in [-0.39, 0.29) is 6.04 Å². The second-order valence-corrected chi connectivity index (χ2v) is 6.06. The van der Waals surface area contributed by atoms with Gasteiger partial charge in [-0.05, 0) is 29.6 Å². The van der Waals surface area contributed by atoms with Gasteiger partial charge in [-0.15, -0.1) is 11.3 Å². The van der Waals surface area contributed by atoms with Gasteiger partial charge >= 0.3 is 0 Å². The number of hydrogen-bond donors (Lipinski definition) is 1. The Bertz CT molecular complexity index is 844. The van der Waals surface area contributed by atoms with Gasteiger partial charge in [0.2, 0.25) is 0 Å². The molecule has 0 aliphatic carbocycles. The lowest BCUT2D eigenvalue weighted by Gasteiger charge is -2.17. The van der Waals surface area contributed by atoms with Crippen LogP contribution in [0.2, 0.25) is 0 Å². The molecule has 3 heterocycles. The van der Waals surface area contributed by atoms with Crippen LogP contribution in [0.1, 0.15) is 16.5 Å². The lowest BCUT2D eigenvalue weighted by molar-refractivity contribution is 0.415. The van der Waals surface area contributed by atoms with Crippen molar-refractivity contribution in [3.63, 3.8) is 0 Å². The van der Waals surface area contributed by atoms with Gasteiger partial charge in [0.15, 0.2) is 0 Å². The number of benzene rings is 1. The van der Waals surface area contributed by atoms with E-state index in [4.69, 9.17) is 4.74 Å². The highest BCUT2D eigenvalue weighted by atomic mass is 32.1. The molecule has 1 aromatic carbocycles. The zero-order chi connectivity index (χ0) is 14.9. The van der Waals surface area contributed by atoms with Crippen LogP contribution in [0.4, 0.5) is 0 Å². The first kappa shape index (κ1) is 13.2. The molecule has 0 aliphatic heterocycles. The van der Waals surface area contributed by atoms with E-state index in [0.717, 1.165) is 11.3 Å². The Balaban J connectivity index is 1.93. The molecule has 0 bridgehead atoms. The first-order valence-corrected chi connectivity index (χ1v) is 7.90. The number of rotatable bonds is 4. The fraction of sp³-hybridized carbons (Fsp3) is 0.118. The second kappa shape index (κ2) is 5.35. The van der Waals surface area contributed by atoms with Crippen molar-refractivity contribution < 1.29 is 4.74 Å². The maximum absolute atomic E-state index is 5.38. The Hall–Kier alpha value is -2.53. The molecule has 0 fully saturated rings. The van der Waals surface area contributed by atoms with Gasteiger partial charge in [0, 0.05) is 39.9 Å². The van der Waals surface area contributed by atoms with Crippen LogP contribution in [0.5, 0.6) is 5.75 Å². The first-order chi connectivity index (χ1) is 10.9. The highest BCUT2D eigenvalue weighted by molar-refractivity contribution is 7.10. The Kier molecular flexibility index (Phi) is 3.20. The zero-order valence-corrected chi connectivity index (χ0v) is 12.9. The van der Waals surface area contributed by atoms with E-state index in [1.165, 1.54) is 15.8 Å². The minimum absolute atomic E-state index is 0.114. The summed E-state index contributed by atoms with van der Waals surface area (Å²) in [5.74, 6) is 0.865. The van der Waals surface area contributed by atoms with Crippen molar-refractivity contribution in [1.29, 1.82) is 0 Å². The Morgan fingerprint density at radius 3 is 3.00 bits per heavy atom. The summed E-state index contributed by atoms with van der Waals surface area (Å²) < 4.78 is 7.51.